The van der Waals surface area contributed by atoms with Gasteiger partial charge in [-0.1, -0.05) is 25.7 Å². The Hall–Kier alpha value is -1.44. The van der Waals surface area contributed by atoms with Crippen LogP contribution in [0.1, 0.15) is 55.3 Å². The van der Waals surface area contributed by atoms with Gasteiger partial charge in [0.25, 0.3) is 0 Å². The molecule has 0 amide bonds. The van der Waals surface area contributed by atoms with Crippen LogP contribution >= 0.6 is 0 Å². The summed E-state index contributed by atoms with van der Waals surface area (Å²) in [6.07, 6.45) is 8.27. The Morgan fingerprint density at radius 3 is 2.36 bits per heavy atom. The summed E-state index contributed by atoms with van der Waals surface area (Å²) >= 11 is 0. The molecular formula is C21H29NO5S. The molecule has 1 aromatic carbocycles. The van der Waals surface area contributed by atoms with E-state index in [2.05, 4.69) is 0 Å². The minimum atomic E-state index is -3.54. The summed E-state index contributed by atoms with van der Waals surface area (Å²) in [6, 6.07) is 6.11. The number of benzene rings is 1. The largest absolute Gasteiger partial charge is 0.459 e. The van der Waals surface area contributed by atoms with Crippen molar-refractivity contribution in [1.29, 1.82) is 0 Å². The van der Waals surface area contributed by atoms with E-state index in [0.717, 1.165) is 25.2 Å². The first-order valence-corrected chi connectivity index (χ1v) is 11.9. The first-order valence-electron chi connectivity index (χ1n) is 10.4. The van der Waals surface area contributed by atoms with Crippen molar-refractivity contribution in [1.82, 2.24) is 4.31 Å². The fourth-order valence-corrected chi connectivity index (χ4v) is 6.26. The average molecular weight is 408 g/mol. The summed E-state index contributed by atoms with van der Waals surface area (Å²) in [5, 5.41) is 0. The maximum atomic E-state index is 12.7. The molecule has 6 nitrogen and oxygen atoms in total. The van der Waals surface area contributed by atoms with Crippen molar-refractivity contribution in [3.8, 4) is 0 Å². The number of esters is 1. The molecule has 1 heterocycles. The van der Waals surface area contributed by atoms with Gasteiger partial charge >= 0.3 is 5.97 Å². The fourth-order valence-electron chi connectivity index (χ4n) is 4.86. The Kier molecular flexibility index (Phi) is 6.04. The summed E-state index contributed by atoms with van der Waals surface area (Å²) in [4.78, 5) is 12.7. The molecule has 3 fully saturated rings. The second-order valence-corrected chi connectivity index (χ2v) is 10.1. The predicted octanol–water partition coefficient (Wildman–Crippen LogP) is 3.22. The number of fused-ring (bicyclic) bond motifs is 1. The summed E-state index contributed by atoms with van der Waals surface area (Å²) in [6.45, 7) is 1.53. The number of rotatable bonds is 4. The van der Waals surface area contributed by atoms with E-state index in [4.69, 9.17) is 9.47 Å². The SMILES string of the molecule is O=C(O[C@@H]1CC[C@@H]2CCCC[C@@H]2C1)c1ccc(S(=O)(=O)N2CCOCC2)cc1. The van der Waals surface area contributed by atoms with Crippen LogP contribution in [0.5, 0.6) is 0 Å². The van der Waals surface area contributed by atoms with E-state index in [1.165, 1.54) is 42.1 Å². The van der Waals surface area contributed by atoms with E-state index in [0.29, 0.717) is 37.8 Å². The Morgan fingerprint density at radius 2 is 1.64 bits per heavy atom. The van der Waals surface area contributed by atoms with E-state index in [1.807, 2.05) is 0 Å². The van der Waals surface area contributed by atoms with Crippen LogP contribution in [0.2, 0.25) is 0 Å². The molecule has 1 saturated heterocycles. The van der Waals surface area contributed by atoms with E-state index in [-0.39, 0.29) is 17.0 Å². The van der Waals surface area contributed by atoms with Crippen LogP contribution in [-0.2, 0) is 19.5 Å². The lowest BCUT2D eigenvalue weighted by Gasteiger charge is -2.38. The topological polar surface area (TPSA) is 72.9 Å². The highest BCUT2D eigenvalue weighted by Gasteiger charge is 2.34. The number of hydrogen-bond acceptors (Lipinski definition) is 5. The zero-order valence-corrected chi connectivity index (χ0v) is 17.0. The lowest BCUT2D eigenvalue weighted by atomic mass is 9.70. The molecule has 1 aliphatic heterocycles. The normalized spacial score (nSPS) is 29.1. The van der Waals surface area contributed by atoms with Crippen molar-refractivity contribution in [2.75, 3.05) is 26.3 Å². The van der Waals surface area contributed by atoms with Gasteiger partial charge < -0.3 is 9.47 Å². The first kappa shape index (κ1) is 19.9. The minimum absolute atomic E-state index is 0.0105. The van der Waals surface area contributed by atoms with E-state index in [1.54, 1.807) is 12.1 Å². The highest BCUT2D eigenvalue weighted by atomic mass is 32.2. The van der Waals surface area contributed by atoms with Crippen LogP contribution in [0.3, 0.4) is 0 Å². The van der Waals surface area contributed by atoms with Gasteiger partial charge in [0.1, 0.15) is 6.10 Å². The van der Waals surface area contributed by atoms with Crippen molar-refractivity contribution >= 4 is 16.0 Å². The van der Waals surface area contributed by atoms with Gasteiger partial charge in [-0.2, -0.15) is 4.31 Å². The molecule has 1 aromatic rings. The Bertz CT molecular complexity index is 786. The molecule has 3 atom stereocenters. The monoisotopic (exact) mass is 407 g/mol. The molecule has 0 N–H and O–H groups in total. The third-order valence-corrected chi connectivity index (χ3v) is 8.38. The Morgan fingerprint density at radius 1 is 0.964 bits per heavy atom. The highest BCUT2D eigenvalue weighted by molar-refractivity contribution is 7.89. The summed E-state index contributed by atoms with van der Waals surface area (Å²) in [7, 11) is -3.54. The van der Waals surface area contributed by atoms with Gasteiger partial charge in [-0.05, 0) is 55.4 Å². The van der Waals surface area contributed by atoms with Crippen molar-refractivity contribution < 1.29 is 22.7 Å². The number of nitrogens with zero attached hydrogens (tertiary/aromatic N) is 1. The number of hydrogen-bond donors (Lipinski definition) is 0. The maximum absolute atomic E-state index is 12.7. The molecule has 2 aliphatic carbocycles. The van der Waals surface area contributed by atoms with E-state index in [9.17, 15) is 13.2 Å². The van der Waals surface area contributed by atoms with Gasteiger partial charge in [0, 0.05) is 13.1 Å². The van der Waals surface area contributed by atoms with Crippen molar-refractivity contribution in [3.05, 3.63) is 29.8 Å². The molecule has 0 spiro atoms. The molecule has 4 rings (SSSR count). The maximum Gasteiger partial charge on any atom is 0.338 e. The van der Waals surface area contributed by atoms with Gasteiger partial charge in [-0.25, -0.2) is 13.2 Å². The Balaban J connectivity index is 1.37. The second-order valence-electron chi connectivity index (χ2n) is 8.19. The predicted molar refractivity (Wildman–Crippen MR) is 105 cm³/mol. The summed E-state index contributed by atoms with van der Waals surface area (Å²) in [5.41, 5.74) is 0.409. The highest BCUT2D eigenvalue weighted by Crippen LogP contribution is 2.41. The molecule has 0 aromatic heterocycles. The molecule has 28 heavy (non-hydrogen) atoms. The number of sulfonamides is 1. The molecular weight excluding hydrogens is 378 g/mol. The van der Waals surface area contributed by atoms with Crippen LogP contribution in [0.15, 0.2) is 29.2 Å². The average Bonchev–Trinajstić information content (AvgIpc) is 2.74. The molecule has 0 radical (unpaired) electrons. The number of morpholine rings is 1. The quantitative estimate of drug-likeness (QED) is 0.717. The van der Waals surface area contributed by atoms with Crippen LogP contribution < -0.4 is 0 Å². The van der Waals surface area contributed by atoms with Crippen molar-refractivity contribution in [3.63, 3.8) is 0 Å². The van der Waals surface area contributed by atoms with Crippen molar-refractivity contribution in [2.45, 2.75) is 55.9 Å². The molecule has 2 saturated carbocycles. The van der Waals surface area contributed by atoms with Crippen LogP contribution in [-0.4, -0.2) is 51.1 Å². The van der Waals surface area contributed by atoms with Crippen molar-refractivity contribution in [2.24, 2.45) is 11.8 Å². The van der Waals surface area contributed by atoms with Crippen LogP contribution in [0.25, 0.3) is 0 Å². The smallest absolute Gasteiger partial charge is 0.338 e. The standard InChI is InChI=1S/C21H29NO5S/c23-21(27-19-8-5-16-3-1-2-4-18(16)15-19)17-6-9-20(10-7-17)28(24,25)22-11-13-26-14-12-22/h6-7,9-10,16,18-19H,1-5,8,11-15H2/t16-,18+,19+/m0/s1. The lowest BCUT2D eigenvalue weighted by Crippen LogP contribution is -2.40. The van der Waals surface area contributed by atoms with E-state index >= 15 is 0 Å². The third kappa shape index (κ3) is 4.26. The molecule has 7 heteroatoms. The van der Waals surface area contributed by atoms with Crippen LogP contribution in [0.4, 0.5) is 0 Å². The summed E-state index contributed by atoms with van der Waals surface area (Å²) < 4.78 is 37.7. The molecule has 3 aliphatic rings. The molecule has 0 unspecified atom stereocenters. The fraction of sp³-hybridized carbons (Fsp3) is 0.667. The number of ether oxygens (including phenoxy) is 2. The zero-order valence-electron chi connectivity index (χ0n) is 16.2. The number of carbonyl (C=O) groups is 1. The van der Waals surface area contributed by atoms with Crippen LogP contribution in [0, 0.1) is 11.8 Å². The van der Waals surface area contributed by atoms with Gasteiger partial charge in [-0.3, -0.25) is 0 Å². The molecule has 0 bridgehead atoms. The zero-order chi connectivity index (χ0) is 19.6. The lowest BCUT2D eigenvalue weighted by molar-refractivity contribution is -0.000934. The third-order valence-electron chi connectivity index (χ3n) is 6.46. The van der Waals surface area contributed by atoms with Gasteiger partial charge in [-0.15, -0.1) is 0 Å². The number of carbonyl (C=O) groups excluding carboxylic acids is 1. The molecule has 154 valence electrons. The Labute approximate surface area is 167 Å². The van der Waals surface area contributed by atoms with E-state index < -0.39 is 10.0 Å². The van der Waals surface area contributed by atoms with Gasteiger partial charge in [0.2, 0.25) is 10.0 Å². The second kappa shape index (κ2) is 8.51. The summed E-state index contributed by atoms with van der Waals surface area (Å²) in [5.74, 6) is 1.16. The minimum Gasteiger partial charge on any atom is -0.459 e. The van der Waals surface area contributed by atoms with Gasteiger partial charge in [0.15, 0.2) is 0 Å². The first-order chi connectivity index (χ1) is 13.5. The van der Waals surface area contributed by atoms with Gasteiger partial charge in [0.05, 0.1) is 23.7 Å².